The Bertz CT molecular complexity index is 1070. The van der Waals surface area contributed by atoms with E-state index in [-0.39, 0.29) is 11.9 Å². The number of carbonyl (C=O) groups is 1. The molecule has 5 nitrogen and oxygen atoms in total. The van der Waals surface area contributed by atoms with Gasteiger partial charge in [-0.1, -0.05) is 6.07 Å². The summed E-state index contributed by atoms with van der Waals surface area (Å²) in [5.74, 6) is 0.0157. The van der Waals surface area contributed by atoms with Crippen LogP contribution in [0.5, 0.6) is 0 Å². The number of hydrogen-bond donors (Lipinski definition) is 1. The van der Waals surface area contributed by atoms with Crippen LogP contribution in [-0.2, 0) is 6.42 Å². The van der Waals surface area contributed by atoms with Crippen molar-refractivity contribution in [3.05, 3.63) is 59.4 Å². The molecular formula is C23H27FN4O. The SMILES string of the molecule is Cc1cncc2c(-c3ccc(F)cc3C(=O)N(C)C(C)C)cc(CC3CNC3)n12. The number of amides is 1. The minimum absolute atomic E-state index is 0.0231. The summed E-state index contributed by atoms with van der Waals surface area (Å²) in [6.45, 7) is 7.97. The van der Waals surface area contributed by atoms with Crippen LogP contribution in [0.25, 0.3) is 16.6 Å². The number of aryl methyl sites for hydroxylation is 1. The Kier molecular flexibility index (Phi) is 5.13. The lowest BCUT2D eigenvalue weighted by atomic mass is 9.96. The monoisotopic (exact) mass is 394 g/mol. The Morgan fingerprint density at radius 3 is 2.69 bits per heavy atom. The Labute approximate surface area is 170 Å². The predicted octanol–water partition coefficient (Wildman–Crippen LogP) is 3.69. The second-order valence-corrected chi connectivity index (χ2v) is 8.25. The number of hydrogen-bond acceptors (Lipinski definition) is 3. The molecular weight excluding hydrogens is 367 g/mol. The zero-order valence-electron chi connectivity index (χ0n) is 17.4. The first-order valence-corrected chi connectivity index (χ1v) is 10.1. The van der Waals surface area contributed by atoms with Gasteiger partial charge in [0.2, 0.25) is 0 Å². The number of nitrogens with one attached hydrogen (secondary N) is 1. The molecule has 0 bridgehead atoms. The Morgan fingerprint density at radius 2 is 2.03 bits per heavy atom. The van der Waals surface area contributed by atoms with Crippen molar-refractivity contribution in [2.75, 3.05) is 20.1 Å². The van der Waals surface area contributed by atoms with Gasteiger partial charge >= 0.3 is 0 Å². The minimum Gasteiger partial charge on any atom is -0.339 e. The van der Waals surface area contributed by atoms with Gasteiger partial charge in [-0.05, 0) is 70.0 Å². The molecule has 0 atom stereocenters. The molecule has 1 aliphatic rings. The van der Waals surface area contributed by atoms with Crippen LogP contribution in [0.15, 0.2) is 36.7 Å². The van der Waals surface area contributed by atoms with Crippen molar-refractivity contribution >= 4 is 11.4 Å². The molecule has 1 aromatic carbocycles. The maximum atomic E-state index is 14.1. The molecule has 152 valence electrons. The van der Waals surface area contributed by atoms with E-state index < -0.39 is 5.82 Å². The number of nitrogens with zero attached hydrogens (tertiary/aromatic N) is 3. The summed E-state index contributed by atoms with van der Waals surface area (Å²) < 4.78 is 16.3. The Balaban J connectivity index is 1.89. The number of rotatable bonds is 5. The van der Waals surface area contributed by atoms with Gasteiger partial charge in [0.15, 0.2) is 0 Å². The number of benzene rings is 1. The van der Waals surface area contributed by atoms with E-state index in [9.17, 15) is 9.18 Å². The fourth-order valence-corrected chi connectivity index (χ4v) is 3.90. The number of fused-ring (bicyclic) bond motifs is 1. The van der Waals surface area contributed by atoms with Crippen molar-refractivity contribution < 1.29 is 9.18 Å². The van der Waals surface area contributed by atoms with E-state index in [1.54, 1.807) is 18.0 Å². The minimum atomic E-state index is -0.409. The summed E-state index contributed by atoms with van der Waals surface area (Å²) in [4.78, 5) is 19.1. The number of halogens is 1. The summed E-state index contributed by atoms with van der Waals surface area (Å²) in [6, 6.07) is 6.64. The maximum Gasteiger partial charge on any atom is 0.254 e. The van der Waals surface area contributed by atoms with Crippen molar-refractivity contribution in [1.29, 1.82) is 0 Å². The summed E-state index contributed by atoms with van der Waals surface area (Å²) in [5, 5.41) is 3.32. The van der Waals surface area contributed by atoms with E-state index in [1.807, 2.05) is 33.2 Å². The molecule has 29 heavy (non-hydrogen) atoms. The molecule has 0 saturated carbocycles. The fraction of sp³-hybridized carbons (Fsp3) is 0.391. The molecule has 0 aliphatic carbocycles. The molecule has 1 aliphatic heterocycles. The third-order valence-electron chi connectivity index (χ3n) is 5.89. The topological polar surface area (TPSA) is 49.6 Å². The van der Waals surface area contributed by atoms with E-state index in [1.165, 1.54) is 17.8 Å². The highest BCUT2D eigenvalue weighted by atomic mass is 19.1. The molecule has 4 rings (SSSR count). The molecule has 1 N–H and O–H groups in total. The van der Waals surface area contributed by atoms with Gasteiger partial charge in [-0.2, -0.15) is 0 Å². The molecule has 0 radical (unpaired) electrons. The van der Waals surface area contributed by atoms with Crippen molar-refractivity contribution in [3.8, 4) is 11.1 Å². The number of carbonyl (C=O) groups excluding carboxylic acids is 1. The van der Waals surface area contributed by atoms with Gasteiger partial charge < -0.3 is 14.6 Å². The first-order valence-electron chi connectivity index (χ1n) is 10.1. The molecule has 2 aromatic heterocycles. The third kappa shape index (κ3) is 3.53. The van der Waals surface area contributed by atoms with Gasteiger partial charge in [0.05, 0.1) is 17.3 Å². The standard InChI is InChI=1S/C23H27FN4O/c1-14(2)27(4)23(29)21-8-17(24)5-6-19(21)20-9-18(7-16-11-26-12-16)28-15(3)10-25-13-22(20)28/h5-6,8-10,13-14,16,26H,7,11-12H2,1-4H3. The zero-order chi connectivity index (χ0) is 20.7. The van der Waals surface area contributed by atoms with Crippen LogP contribution in [0, 0.1) is 18.7 Å². The van der Waals surface area contributed by atoms with Crippen molar-refractivity contribution in [1.82, 2.24) is 19.6 Å². The van der Waals surface area contributed by atoms with Gasteiger partial charge in [0.25, 0.3) is 5.91 Å². The molecule has 3 aromatic rings. The Morgan fingerprint density at radius 1 is 1.28 bits per heavy atom. The molecule has 3 heterocycles. The van der Waals surface area contributed by atoms with Crippen LogP contribution in [0.2, 0.25) is 0 Å². The zero-order valence-corrected chi connectivity index (χ0v) is 17.4. The van der Waals surface area contributed by atoms with Crippen LogP contribution >= 0.6 is 0 Å². The molecule has 1 saturated heterocycles. The summed E-state index contributed by atoms with van der Waals surface area (Å²) in [6.07, 6.45) is 4.63. The van der Waals surface area contributed by atoms with Gasteiger partial charge in [-0.3, -0.25) is 9.78 Å². The van der Waals surface area contributed by atoms with Crippen LogP contribution in [0.1, 0.15) is 35.6 Å². The lowest BCUT2D eigenvalue weighted by Crippen LogP contribution is -2.43. The lowest BCUT2D eigenvalue weighted by molar-refractivity contribution is 0.0755. The fourth-order valence-electron chi connectivity index (χ4n) is 3.90. The smallest absolute Gasteiger partial charge is 0.254 e. The second-order valence-electron chi connectivity index (χ2n) is 8.25. The average Bonchev–Trinajstić information content (AvgIpc) is 3.03. The van der Waals surface area contributed by atoms with Crippen molar-refractivity contribution in [2.45, 2.75) is 33.2 Å². The van der Waals surface area contributed by atoms with Gasteiger partial charge in [0.1, 0.15) is 5.82 Å². The summed E-state index contributed by atoms with van der Waals surface area (Å²) in [7, 11) is 1.75. The Hall–Kier alpha value is -2.73. The largest absolute Gasteiger partial charge is 0.339 e. The first-order chi connectivity index (χ1) is 13.9. The molecule has 1 amide bonds. The normalized spacial score (nSPS) is 14.4. The van der Waals surface area contributed by atoms with Crippen LogP contribution < -0.4 is 5.32 Å². The van der Waals surface area contributed by atoms with Gasteiger partial charge in [-0.25, -0.2) is 4.39 Å². The van der Waals surface area contributed by atoms with Crippen molar-refractivity contribution in [3.63, 3.8) is 0 Å². The highest BCUT2D eigenvalue weighted by Gasteiger charge is 2.24. The predicted molar refractivity (Wildman–Crippen MR) is 113 cm³/mol. The van der Waals surface area contributed by atoms with Crippen LogP contribution in [0.4, 0.5) is 4.39 Å². The molecule has 6 heteroatoms. The second kappa shape index (κ2) is 7.59. The lowest BCUT2D eigenvalue weighted by Gasteiger charge is -2.27. The molecule has 0 spiro atoms. The van der Waals surface area contributed by atoms with E-state index >= 15 is 0 Å². The summed E-state index contributed by atoms with van der Waals surface area (Å²) >= 11 is 0. The highest BCUT2D eigenvalue weighted by Crippen LogP contribution is 2.33. The summed E-state index contributed by atoms with van der Waals surface area (Å²) in [5.41, 5.74) is 5.23. The quantitative estimate of drug-likeness (QED) is 0.718. The van der Waals surface area contributed by atoms with Crippen molar-refractivity contribution in [2.24, 2.45) is 5.92 Å². The average molecular weight is 394 g/mol. The van der Waals surface area contributed by atoms with Gasteiger partial charge in [-0.15, -0.1) is 0 Å². The van der Waals surface area contributed by atoms with E-state index in [0.29, 0.717) is 11.5 Å². The number of aromatic nitrogens is 2. The van der Waals surface area contributed by atoms with E-state index in [0.717, 1.165) is 41.8 Å². The molecule has 0 unspecified atom stereocenters. The van der Waals surface area contributed by atoms with Crippen LogP contribution in [0.3, 0.4) is 0 Å². The van der Waals surface area contributed by atoms with Crippen LogP contribution in [-0.4, -0.2) is 46.4 Å². The van der Waals surface area contributed by atoms with Gasteiger partial charge in [0, 0.05) is 36.2 Å². The maximum absolute atomic E-state index is 14.1. The highest BCUT2D eigenvalue weighted by molar-refractivity contribution is 6.03. The molecule has 1 fully saturated rings. The third-order valence-corrected chi connectivity index (χ3v) is 5.89. The van der Waals surface area contributed by atoms with E-state index in [2.05, 4.69) is 20.8 Å². The van der Waals surface area contributed by atoms with E-state index in [4.69, 9.17) is 0 Å². The first kappa shape index (κ1) is 19.6.